The van der Waals surface area contributed by atoms with Gasteiger partial charge in [0.1, 0.15) is 17.3 Å². The zero-order valence-electron chi connectivity index (χ0n) is 18.3. The molecule has 1 fully saturated rings. The molecule has 0 aromatic carbocycles. The van der Waals surface area contributed by atoms with E-state index in [1.54, 1.807) is 0 Å². The smallest absolute Gasteiger partial charge is 0.413 e. The van der Waals surface area contributed by atoms with Gasteiger partial charge >= 0.3 is 6.09 Å². The Morgan fingerprint density at radius 2 is 2.06 bits per heavy atom. The molecule has 3 heterocycles. The molecule has 0 bridgehead atoms. The lowest BCUT2D eigenvalue weighted by atomic mass is 10.1. The minimum atomic E-state index is -1.15. The fourth-order valence-corrected chi connectivity index (χ4v) is 3.36. The van der Waals surface area contributed by atoms with Gasteiger partial charge in [-0.2, -0.15) is 9.65 Å². The van der Waals surface area contributed by atoms with Crippen LogP contribution in [0.5, 0.6) is 0 Å². The van der Waals surface area contributed by atoms with Crippen LogP contribution in [0.1, 0.15) is 31.4 Å². The average molecular weight is 503 g/mol. The van der Waals surface area contributed by atoms with Gasteiger partial charge in [0.25, 0.3) is 0 Å². The summed E-state index contributed by atoms with van der Waals surface area (Å²) in [5, 5.41) is 21.9. The lowest BCUT2D eigenvalue weighted by Crippen LogP contribution is -2.23. The van der Waals surface area contributed by atoms with E-state index in [4.69, 9.17) is 21.6 Å². The van der Waals surface area contributed by atoms with Crippen molar-refractivity contribution in [2.45, 2.75) is 25.9 Å². The van der Waals surface area contributed by atoms with Crippen molar-refractivity contribution in [2.75, 3.05) is 10.6 Å². The van der Waals surface area contributed by atoms with Crippen LogP contribution in [-0.4, -0.2) is 37.0 Å². The molecule has 180 valence electrons. The van der Waals surface area contributed by atoms with Crippen LogP contribution in [0.4, 0.5) is 25.1 Å². The van der Waals surface area contributed by atoms with E-state index in [0.29, 0.717) is 19.0 Å². The van der Waals surface area contributed by atoms with Crippen LogP contribution in [0.3, 0.4) is 0 Å². The highest BCUT2D eigenvalue weighted by atomic mass is 35.5. The summed E-state index contributed by atoms with van der Waals surface area (Å²) < 4.78 is 33.6. The van der Waals surface area contributed by atoms with E-state index in [1.165, 1.54) is 30.8 Å². The Hall–Kier alpha value is -4.18. The molecule has 14 heteroatoms. The highest BCUT2D eigenvalue weighted by Crippen LogP contribution is 2.46. The van der Waals surface area contributed by atoms with Crippen molar-refractivity contribution in [1.29, 1.82) is 5.26 Å². The normalized spacial score (nSPS) is 14.5. The van der Waals surface area contributed by atoms with Crippen molar-refractivity contribution in [1.82, 2.24) is 25.0 Å². The molecule has 3 aromatic rings. The Balaban J connectivity index is 1.50. The molecule has 1 aliphatic rings. The van der Waals surface area contributed by atoms with Crippen molar-refractivity contribution < 1.29 is 23.1 Å². The molecule has 0 spiro atoms. The first kappa shape index (κ1) is 24.0. The standard InChI is InChI=1S/C21H17ClF2N8O3/c1-10(12-7-11(23)8-26-17(12)24)35-20(34)29-18-15(30-31-32(18)2)13-3-4-14(16(22)27-13)28-19(33)21(9-25)5-6-21/h3-4,7-8,10H,5-6H2,1-2H3,(H,28,33)(H,29,34)/t10-/m1/s1. The number of aromatic nitrogens is 5. The molecule has 4 rings (SSSR count). The minimum Gasteiger partial charge on any atom is -0.441 e. The number of aryl methyl sites for hydroxylation is 1. The second-order valence-corrected chi connectivity index (χ2v) is 8.16. The van der Waals surface area contributed by atoms with Crippen LogP contribution in [-0.2, 0) is 16.6 Å². The summed E-state index contributed by atoms with van der Waals surface area (Å²) in [6.07, 6.45) is -0.480. The van der Waals surface area contributed by atoms with Gasteiger partial charge < -0.3 is 10.1 Å². The number of hydrogen-bond acceptors (Lipinski definition) is 8. The first-order valence-corrected chi connectivity index (χ1v) is 10.6. The summed E-state index contributed by atoms with van der Waals surface area (Å²) in [6.45, 7) is 1.36. The van der Waals surface area contributed by atoms with Gasteiger partial charge in [0, 0.05) is 7.05 Å². The Kier molecular flexibility index (Phi) is 6.31. The molecule has 1 saturated carbocycles. The number of nitrogens with zero attached hydrogens (tertiary/aromatic N) is 6. The molecular formula is C21H17ClF2N8O3. The third kappa shape index (κ3) is 4.87. The number of rotatable bonds is 6. The van der Waals surface area contributed by atoms with E-state index < -0.39 is 35.3 Å². The van der Waals surface area contributed by atoms with Gasteiger partial charge in [-0.3, -0.25) is 10.1 Å². The number of nitriles is 1. The van der Waals surface area contributed by atoms with Crippen molar-refractivity contribution in [3.63, 3.8) is 0 Å². The largest absolute Gasteiger partial charge is 0.441 e. The lowest BCUT2D eigenvalue weighted by Gasteiger charge is -2.15. The van der Waals surface area contributed by atoms with Crippen molar-refractivity contribution in [2.24, 2.45) is 12.5 Å². The van der Waals surface area contributed by atoms with Gasteiger partial charge in [0.15, 0.2) is 16.7 Å². The van der Waals surface area contributed by atoms with Crippen LogP contribution in [0, 0.1) is 28.5 Å². The van der Waals surface area contributed by atoms with Gasteiger partial charge in [-0.1, -0.05) is 16.8 Å². The second kappa shape index (κ2) is 9.22. The van der Waals surface area contributed by atoms with E-state index in [2.05, 4.69) is 30.9 Å². The highest BCUT2D eigenvalue weighted by molar-refractivity contribution is 6.32. The lowest BCUT2D eigenvalue weighted by molar-refractivity contribution is -0.119. The third-order valence-corrected chi connectivity index (χ3v) is 5.63. The number of halogens is 3. The zero-order valence-corrected chi connectivity index (χ0v) is 19.1. The van der Waals surface area contributed by atoms with Gasteiger partial charge in [-0.25, -0.2) is 23.8 Å². The first-order chi connectivity index (χ1) is 16.6. The monoisotopic (exact) mass is 502 g/mol. The first-order valence-electron chi connectivity index (χ1n) is 10.2. The number of carbonyl (C=O) groups excluding carboxylic acids is 2. The molecule has 35 heavy (non-hydrogen) atoms. The van der Waals surface area contributed by atoms with Gasteiger partial charge in [-0.05, 0) is 38.0 Å². The maximum atomic E-state index is 13.9. The van der Waals surface area contributed by atoms with Crippen molar-refractivity contribution in [3.8, 4) is 17.5 Å². The number of anilines is 2. The molecule has 0 radical (unpaired) electrons. The number of hydrogen-bond donors (Lipinski definition) is 2. The van der Waals surface area contributed by atoms with E-state index in [0.717, 1.165) is 6.07 Å². The SMILES string of the molecule is C[C@@H](OC(=O)Nc1c(-c2ccc(NC(=O)C3(C#N)CC3)c(Cl)n2)nnn1C)c1cc(F)cnc1F. The van der Waals surface area contributed by atoms with Crippen molar-refractivity contribution >= 4 is 35.1 Å². The topological polar surface area (TPSA) is 148 Å². The molecule has 1 aliphatic carbocycles. The maximum absolute atomic E-state index is 13.9. The van der Waals surface area contributed by atoms with Crippen LogP contribution in [0.15, 0.2) is 24.4 Å². The van der Waals surface area contributed by atoms with Crippen LogP contribution >= 0.6 is 11.6 Å². The molecule has 0 aliphatic heterocycles. The summed E-state index contributed by atoms with van der Waals surface area (Å²) in [5.41, 5.74) is -0.720. The predicted octanol–water partition coefficient (Wildman–Crippen LogP) is 3.76. The summed E-state index contributed by atoms with van der Waals surface area (Å²) in [6, 6.07) is 5.85. The van der Waals surface area contributed by atoms with E-state index in [1.807, 2.05) is 6.07 Å². The van der Waals surface area contributed by atoms with Gasteiger partial charge in [-0.15, -0.1) is 5.10 Å². The summed E-state index contributed by atoms with van der Waals surface area (Å²) in [7, 11) is 1.50. The summed E-state index contributed by atoms with van der Waals surface area (Å²) in [5.74, 6) is -2.12. The quantitative estimate of drug-likeness (QED) is 0.484. The Labute approximate surface area is 202 Å². The number of pyridine rings is 2. The Morgan fingerprint density at radius 1 is 1.31 bits per heavy atom. The van der Waals surface area contributed by atoms with E-state index in [9.17, 15) is 18.4 Å². The zero-order chi connectivity index (χ0) is 25.3. The highest BCUT2D eigenvalue weighted by Gasteiger charge is 2.50. The second-order valence-electron chi connectivity index (χ2n) is 7.80. The number of ether oxygens (including phenoxy) is 1. The fraction of sp³-hybridized carbons (Fsp3) is 0.286. The fourth-order valence-electron chi connectivity index (χ4n) is 3.16. The van der Waals surface area contributed by atoms with Gasteiger partial charge in [0.05, 0.1) is 29.2 Å². The number of amides is 2. The molecule has 2 amide bonds. The van der Waals surface area contributed by atoms with E-state index >= 15 is 0 Å². The number of carbonyl (C=O) groups is 2. The van der Waals surface area contributed by atoms with Crippen LogP contribution in [0.25, 0.3) is 11.4 Å². The van der Waals surface area contributed by atoms with Gasteiger partial charge in [0.2, 0.25) is 11.9 Å². The van der Waals surface area contributed by atoms with Crippen LogP contribution in [0.2, 0.25) is 5.15 Å². The Morgan fingerprint density at radius 3 is 2.71 bits per heavy atom. The minimum absolute atomic E-state index is 0.0635. The summed E-state index contributed by atoms with van der Waals surface area (Å²) in [4.78, 5) is 32.2. The Bertz CT molecular complexity index is 1370. The molecule has 11 nitrogen and oxygen atoms in total. The summed E-state index contributed by atoms with van der Waals surface area (Å²) >= 11 is 6.22. The molecule has 1 atom stereocenters. The maximum Gasteiger partial charge on any atom is 0.413 e. The molecule has 3 aromatic heterocycles. The van der Waals surface area contributed by atoms with Crippen molar-refractivity contribution in [3.05, 3.63) is 46.9 Å². The van der Waals surface area contributed by atoms with Crippen LogP contribution < -0.4 is 10.6 Å². The molecular weight excluding hydrogens is 486 g/mol. The number of nitrogens with one attached hydrogen (secondary N) is 2. The predicted molar refractivity (Wildman–Crippen MR) is 118 cm³/mol. The average Bonchev–Trinajstić information content (AvgIpc) is 3.55. The van der Waals surface area contributed by atoms with E-state index in [-0.39, 0.29) is 33.6 Å². The third-order valence-electron chi connectivity index (χ3n) is 5.34. The molecule has 0 saturated heterocycles. The molecule has 2 N–H and O–H groups in total. The molecule has 0 unspecified atom stereocenters.